The van der Waals surface area contributed by atoms with Gasteiger partial charge in [-0.3, -0.25) is 14.7 Å². The Kier molecular flexibility index (Phi) is 5.40. The van der Waals surface area contributed by atoms with Crippen molar-refractivity contribution in [3.8, 4) is 0 Å². The first kappa shape index (κ1) is 16.1. The van der Waals surface area contributed by atoms with Gasteiger partial charge in [0.2, 0.25) is 0 Å². The molecule has 23 heavy (non-hydrogen) atoms. The van der Waals surface area contributed by atoms with E-state index in [0.29, 0.717) is 10.8 Å². The van der Waals surface area contributed by atoms with Crippen molar-refractivity contribution in [1.82, 2.24) is 25.2 Å². The maximum atomic E-state index is 11.9. The van der Waals surface area contributed by atoms with Gasteiger partial charge in [0.25, 0.3) is 5.91 Å². The molecule has 7 heteroatoms. The van der Waals surface area contributed by atoms with Gasteiger partial charge < -0.3 is 10.3 Å². The molecule has 1 amide bonds. The third kappa shape index (κ3) is 4.62. The molecular weight excluding hydrogens is 310 g/mol. The minimum Gasteiger partial charge on any atom is -0.351 e. The molecular formula is C16H23N5OS. The number of nitrogens with one attached hydrogen (secondary N) is 2. The number of aryl methyl sites for hydroxylation is 1. The number of amides is 1. The second kappa shape index (κ2) is 7.70. The number of hydrogen-bond acceptors (Lipinski definition) is 5. The van der Waals surface area contributed by atoms with E-state index < -0.39 is 0 Å². The summed E-state index contributed by atoms with van der Waals surface area (Å²) in [6.07, 6.45) is 7.04. The van der Waals surface area contributed by atoms with Crippen molar-refractivity contribution in [1.29, 1.82) is 0 Å². The van der Waals surface area contributed by atoms with Crippen molar-refractivity contribution in [2.75, 3.05) is 19.6 Å². The normalized spacial score (nSPS) is 18.9. The zero-order valence-corrected chi connectivity index (χ0v) is 14.2. The van der Waals surface area contributed by atoms with Gasteiger partial charge in [0.05, 0.1) is 11.7 Å². The topological polar surface area (TPSA) is 73.9 Å². The maximum absolute atomic E-state index is 11.9. The first-order chi connectivity index (χ1) is 11.2. The molecule has 3 rings (SSSR count). The van der Waals surface area contributed by atoms with Crippen molar-refractivity contribution in [3.63, 3.8) is 0 Å². The summed E-state index contributed by atoms with van der Waals surface area (Å²) < 4.78 is 0. The van der Waals surface area contributed by atoms with Crippen LogP contribution in [0.25, 0.3) is 0 Å². The van der Waals surface area contributed by atoms with Crippen LogP contribution in [0.4, 0.5) is 0 Å². The fraction of sp³-hybridized carbons (Fsp3) is 0.562. The van der Waals surface area contributed by atoms with Gasteiger partial charge in [-0.2, -0.15) is 0 Å². The molecule has 2 N–H and O–H groups in total. The third-order valence-electron chi connectivity index (χ3n) is 4.25. The fourth-order valence-electron chi connectivity index (χ4n) is 3.13. The average Bonchev–Trinajstić information content (AvgIpc) is 3.19. The third-order valence-corrected chi connectivity index (χ3v) is 5.02. The summed E-state index contributed by atoms with van der Waals surface area (Å²) in [5.41, 5.74) is 2.87. The van der Waals surface area contributed by atoms with Gasteiger partial charge in [-0.25, -0.2) is 4.98 Å². The van der Waals surface area contributed by atoms with Gasteiger partial charge in [0.1, 0.15) is 10.7 Å². The molecule has 1 fully saturated rings. The number of thiazole rings is 1. The standard InChI is InChI=1S/C16H23N5OS/c1-12-19-7-14(20-12)10-21-6-2-3-13(9-21)4-5-18-16(22)15-8-17-11-23-15/h7-8,11,13H,2-6,9-10H2,1H3,(H,18,22)(H,19,20)/t13-/m1/s1. The Morgan fingerprint density at radius 1 is 1.52 bits per heavy atom. The number of imidazole rings is 1. The quantitative estimate of drug-likeness (QED) is 0.850. The number of hydrogen-bond donors (Lipinski definition) is 2. The Labute approximate surface area is 140 Å². The molecule has 0 bridgehead atoms. The number of H-pyrrole nitrogens is 1. The van der Waals surface area contributed by atoms with Gasteiger partial charge in [-0.05, 0) is 38.6 Å². The molecule has 3 heterocycles. The summed E-state index contributed by atoms with van der Waals surface area (Å²) in [6.45, 7) is 5.88. The Balaban J connectivity index is 1.41. The minimum absolute atomic E-state index is 0.00639. The molecule has 1 atom stereocenters. The highest BCUT2D eigenvalue weighted by Crippen LogP contribution is 2.20. The number of nitrogens with zero attached hydrogens (tertiary/aromatic N) is 3. The second-order valence-corrected chi connectivity index (χ2v) is 7.03. The molecule has 124 valence electrons. The van der Waals surface area contributed by atoms with Crippen molar-refractivity contribution in [2.24, 2.45) is 5.92 Å². The van der Waals surface area contributed by atoms with E-state index >= 15 is 0 Å². The van der Waals surface area contributed by atoms with Crippen LogP contribution in [-0.2, 0) is 6.54 Å². The van der Waals surface area contributed by atoms with Crippen LogP contribution in [0, 0.1) is 12.8 Å². The van der Waals surface area contributed by atoms with Gasteiger partial charge in [-0.15, -0.1) is 11.3 Å². The average molecular weight is 333 g/mol. The van der Waals surface area contributed by atoms with Crippen LogP contribution >= 0.6 is 11.3 Å². The molecule has 2 aromatic rings. The van der Waals surface area contributed by atoms with Gasteiger partial charge in [0.15, 0.2) is 0 Å². The summed E-state index contributed by atoms with van der Waals surface area (Å²) >= 11 is 1.38. The van der Waals surface area contributed by atoms with Crippen molar-refractivity contribution in [2.45, 2.75) is 32.7 Å². The van der Waals surface area contributed by atoms with Crippen LogP contribution in [0.3, 0.4) is 0 Å². The molecule has 0 radical (unpaired) electrons. The minimum atomic E-state index is -0.00639. The molecule has 0 aliphatic carbocycles. The van der Waals surface area contributed by atoms with Crippen molar-refractivity contribution in [3.05, 3.63) is 34.3 Å². The summed E-state index contributed by atoms with van der Waals surface area (Å²) in [5.74, 6) is 1.61. The number of aromatic nitrogens is 3. The number of rotatable bonds is 6. The molecule has 0 saturated carbocycles. The van der Waals surface area contributed by atoms with Crippen LogP contribution in [0.5, 0.6) is 0 Å². The summed E-state index contributed by atoms with van der Waals surface area (Å²) in [4.78, 5) is 26.6. The first-order valence-corrected chi connectivity index (χ1v) is 8.98. The highest BCUT2D eigenvalue weighted by molar-refractivity contribution is 7.11. The van der Waals surface area contributed by atoms with Crippen LogP contribution in [0.2, 0.25) is 0 Å². The Hall–Kier alpha value is -1.73. The van der Waals surface area contributed by atoms with Gasteiger partial charge >= 0.3 is 0 Å². The molecule has 1 aliphatic heterocycles. The van der Waals surface area contributed by atoms with Gasteiger partial charge in [-0.1, -0.05) is 0 Å². The summed E-state index contributed by atoms with van der Waals surface area (Å²) in [7, 11) is 0. The zero-order chi connectivity index (χ0) is 16.1. The predicted octanol–water partition coefficient (Wildman–Crippen LogP) is 2.21. The van der Waals surface area contributed by atoms with Crippen LogP contribution in [0.1, 0.15) is 40.5 Å². The number of aromatic amines is 1. The number of likely N-dealkylation sites (tertiary alicyclic amines) is 1. The van der Waals surface area contributed by atoms with Crippen LogP contribution in [0.15, 0.2) is 17.9 Å². The maximum Gasteiger partial charge on any atom is 0.262 e. The van der Waals surface area contributed by atoms with E-state index in [0.717, 1.165) is 38.4 Å². The Bertz CT molecular complexity index is 624. The lowest BCUT2D eigenvalue weighted by Crippen LogP contribution is -2.36. The van der Waals surface area contributed by atoms with E-state index in [4.69, 9.17) is 0 Å². The lowest BCUT2D eigenvalue weighted by Gasteiger charge is -2.32. The molecule has 0 unspecified atom stereocenters. The Morgan fingerprint density at radius 3 is 3.17 bits per heavy atom. The second-order valence-electron chi connectivity index (χ2n) is 6.15. The van der Waals surface area contributed by atoms with Crippen LogP contribution in [-0.4, -0.2) is 45.4 Å². The van der Waals surface area contributed by atoms with E-state index in [-0.39, 0.29) is 5.91 Å². The molecule has 1 aliphatic rings. The molecule has 1 saturated heterocycles. The zero-order valence-electron chi connectivity index (χ0n) is 13.4. The number of carbonyl (C=O) groups excluding carboxylic acids is 1. The summed E-state index contributed by atoms with van der Waals surface area (Å²) in [6, 6.07) is 0. The van der Waals surface area contributed by atoms with E-state index in [1.165, 1.54) is 29.9 Å². The SMILES string of the molecule is Cc1ncc(CN2CCC[C@H](CCNC(=O)c3cncs3)C2)[nH]1. The monoisotopic (exact) mass is 333 g/mol. The smallest absolute Gasteiger partial charge is 0.262 e. The Morgan fingerprint density at radius 2 is 2.43 bits per heavy atom. The highest BCUT2D eigenvalue weighted by Gasteiger charge is 2.20. The lowest BCUT2D eigenvalue weighted by atomic mass is 9.94. The van der Waals surface area contributed by atoms with Gasteiger partial charge in [0, 0.05) is 31.5 Å². The van der Waals surface area contributed by atoms with E-state index in [2.05, 4.69) is 25.2 Å². The fourth-order valence-corrected chi connectivity index (χ4v) is 3.66. The van der Waals surface area contributed by atoms with E-state index in [9.17, 15) is 4.79 Å². The molecule has 0 aromatic carbocycles. The highest BCUT2D eigenvalue weighted by atomic mass is 32.1. The summed E-state index contributed by atoms with van der Waals surface area (Å²) in [5, 5.41) is 3.00. The number of piperidine rings is 1. The molecule has 0 spiro atoms. The molecule has 2 aromatic heterocycles. The number of carbonyl (C=O) groups is 1. The van der Waals surface area contributed by atoms with E-state index in [1.807, 2.05) is 13.1 Å². The lowest BCUT2D eigenvalue weighted by molar-refractivity contribution is 0.0950. The van der Waals surface area contributed by atoms with E-state index in [1.54, 1.807) is 11.7 Å². The van der Waals surface area contributed by atoms with Crippen LogP contribution < -0.4 is 5.32 Å². The molecule has 6 nitrogen and oxygen atoms in total. The predicted molar refractivity (Wildman–Crippen MR) is 90.4 cm³/mol. The largest absolute Gasteiger partial charge is 0.351 e. The van der Waals surface area contributed by atoms with Crippen molar-refractivity contribution < 1.29 is 4.79 Å². The first-order valence-electron chi connectivity index (χ1n) is 8.10. The van der Waals surface area contributed by atoms with Crippen molar-refractivity contribution >= 4 is 17.2 Å².